The van der Waals surface area contributed by atoms with Crippen LogP contribution in [0, 0.1) is 0 Å². The zero-order chi connectivity index (χ0) is 16.7. The number of carbonyl (C=O) groups excluding carboxylic acids is 2. The van der Waals surface area contributed by atoms with Crippen molar-refractivity contribution in [3.8, 4) is 5.75 Å². The van der Waals surface area contributed by atoms with Gasteiger partial charge in [-0.2, -0.15) is 0 Å². The first-order valence-corrected chi connectivity index (χ1v) is 7.48. The fourth-order valence-electron chi connectivity index (χ4n) is 2.08. The summed E-state index contributed by atoms with van der Waals surface area (Å²) in [5, 5.41) is 5.59. The molecule has 5 heteroatoms. The van der Waals surface area contributed by atoms with Gasteiger partial charge in [-0.05, 0) is 36.8 Å². The maximum absolute atomic E-state index is 12.4. The van der Waals surface area contributed by atoms with Crippen molar-refractivity contribution in [3.63, 3.8) is 0 Å². The molecule has 0 aromatic heterocycles. The molecule has 5 nitrogen and oxygen atoms in total. The maximum atomic E-state index is 12.4. The molecule has 2 rings (SSSR count). The highest BCUT2D eigenvalue weighted by molar-refractivity contribution is 6.09. The fourth-order valence-corrected chi connectivity index (χ4v) is 2.08. The quantitative estimate of drug-likeness (QED) is 0.861. The predicted octanol–water partition coefficient (Wildman–Crippen LogP) is 3.09. The third-order valence-electron chi connectivity index (χ3n) is 3.29. The molecule has 0 heterocycles. The molecule has 0 saturated heterocycles. The Balaban J connectivity index is 2.19. The van der Waals surface area contributed by atoms with Gasteiger partial charge in [-0.1, -0.05) is 25.1 Å². The second kappa shape index (κ2) is 7.98. The lowest BCUT2D eigenvalue weighted by Gasteiger charge is -2.11. The van der Waals surface area contributed by atoms with Crippen LogP contribution in [-0.2, 0) is 0 Å². The Bertz CT molecular complexity index is 698. The van der Waals surface area contributed by atoms with Crippen LogP contribution in [0.4, 0.5) is 5.69 Å². The number of para-hydroxylation sites is 1. The lowest BCUT2D eigenvalue weighted by Crippen LogP contribution is -2.25. The van der Waals surface area contributed by atoms with Crippen LogP contribution in [0.25, 0.3) is 0 Å². The van der Waals surface area contributed by atoms with Crippen LogP contribution in [-0.4, -0.2) is 25.5 Å². The van der Waals surface area contributed by atoms with E-state index < -0.39 is 0 Å². The van der Waals surface area contributed by atoms with Gasteiger partial charge >= 0.3 is 0 Å². The number of ether oxygens (including phenoxy) is 1. The first-order chi connectivity index (χ1) is 11.2. The van der Waals surface area contributed by atoms with E-state index in [1.807, 2.05) is 6.92 Å². The predicted molar refractivity (Wildman–Crippen MR) is 90.0 cm³/mol. The van der Waals surface area contributed by atoms with E-state index in [2.05, 4.69) is 10.6 Å². The molecule has 2 aromatic rings. The van der Waals surface area contributed by atoms with E-state index in [0.717, 1.165) is 6.42 Å². The Morgan fingerprint density at radius 1 is 1.04 bits per heavy atom. The molecule has 0 radical (unpaired) electrons. The van der Waals surface area contributed by atoms with Crippen molar-refractivity contribution < 1.29 is 14.3 Å². The standard InChI is InChI=1S/C18H20N2O3/c1-3-11-19-18(22)15-9-4-5-10-16(15)20-17(21)13-7-6-8-14(12-13)23-2/h4-10,12H,3,11H2,1-2H3,(H,19,22)(H,20,21). The summed E-state index contributed by atoms with van der Waals surface area (Å²) in [4.78, 5) is 24.5. The summed E-state index contributed by atoms with van der Waals surface area (Å²) in [6, 6.07) is 13.8. The summed E-state index contributed by atoms with van der Waals surface area (Å²) >= 11 is 0. The van der Waals surface area contributed by atoms with E-state index in [0.29, 0.717) is 29.1 Å². The van der Waals surface area contributed by atoms with Crippen LogP contribution in [0.15, 0.2) is 48.5 Å². The molecule has 2 amide bonds. The van der Waals surface area contributed by atoms with E-state index >= 15 is 0 Å². The van der Waals surface area contributed by atoms with Crippen molar-refractivity contribution in [2.24, 2.45) is 0 Å². The molecule has 0 bridgehead atoms. The normalized spacial score (nSPS) is 10.0. The van der Waals surface area contributed by atoms with Crippen molar-refractivity contribution in [2.45, 2.75) is 13.3 Å². The Hall–Kier alpha value is -2.82. The Kier molecular flexibility index (Phi) is 5.74. The molecule has 2 aromatic carbocycles. The monoisotopic (exact) mass is 312 g/mol. The van der Waals surface area contributed by atoms with Crippen molar-refractivity contribution >= 4 is 17.5 Å². The lowest BCUT2D eigenvalue weighted by molar-refractivity contribution is 0.0954. The van der Waals surface area contributed by atoms with Gasteiger partial charge in [0.25, 0.3) is 11.8 Å². The van der Waals surface area contributed by atoms with Gasteiger partial charge in [0.1, 0.15) is 5.75 Å². The first kappa shape index (κ1) is 16.5. The van der Waals surface area contributed by atoms with Crippen LogP contribution >= 0.6 is 0 Å². The molecule has 0 spiro atoms. The SMILES string of the molecule is CCCNC(=O)c1ccccc1NC(=O)c1cccc(OC)c1. The van der Waals surface area contributed by atoms with E-state index in [1.165, 1.54) is 0 Å². The fraction of sp³-hybridized carbons (Fsp3) is 0.222. The highest BCUT2D eigenvalue weighted by Gasteiger charge is 2.13. The molecule has 0 atom stereocenters. The maximum Gasteiger partial charge on any atom is 0.255 e. The Morgan fingerprint density at radius 2 is 1.83 bits per heavy atom. The lowest BCUT2D eigenvalue weighted by atomic mass is 10.1. The molecule has 0 unspecified atom stereocenters. The summed E-state index contributed by atoms with van der Waals surface area (Å²) in [5.74, 6) is 0.111. The number of methoxy groups -OCH3 is 1. The molecular weight excluding hydrogens is 292 g/mol. The summed E-state index contributed by atoms with van der Waals surface area (Å²) in [5.41, 5.74) is 1.39. The molecule has 2 N–H and O–H groups in total. The van der Waals surface area contributed by atoms with Crippen molar-refractivity contribution in [1.29, 1.82) is 0 Å². The number of amides is 2. The van der Waals surface area contributed by atoms with Crippen LogP contribution in [0.3, 0.4) is 0 Å². The summed E-state index contributed by atoms with van der Waals surface area (Å²) in [6.45, 7) is 2.58. The van der Waals surface area contributed by atoms with Gasteiger partial charge in [-0.15, -0.1) is 0 Å². The third-order valence-corrected chi connectivity index (χ3v) is 3.29. The van der Waals surface area contributed by atoms with E-state index in [4.69, 9.17) is 4.74 Å². The van der Waals surface area contributed by atoms with Crippen LogP contribution in [0.2, 0.25) is 0 Å². The third kappa shape index (κ3) is 4.32. The van der Waals surface area contributed by atoms with Crippen LogP contribution < -0.4 is 15.4 Å². The van der Waals surface area contributed by atoms with Gasteiger partial charge in [0.05, 0.1) is 18.4 Å². The first-order valence-electron chi connectivity index (χ1n) is 7.48. The van der Waals surface area contributed by atoms with E-state index in [1.54, 1.807) is 55.6 Å². The molecule has 0 fully saturated rings. The van der Waals surface area contributed by atoms with Crippen molar-refractivity contribution in [3.05, 3.63) is 59.7 Å². The molecule has 120 valence electrons. The highest BCUT2D eigenvalue weighted by Crippen LogP contribution is 2.18. The minimum Gasteiger partial charge on any atom is -0.497 e. The number of benzene rings is 2. The van der Waals surface area contributed by atoms with E-state index in [9.17, 15) is 9.59 Å². The Morgan fingerprint density at radius 3 is 2.57 bits per heavy atom. The van der Waals surface area contributed by atoms with Gasteiger partial charge in [-0.25, -0.2) is 0 Å². The topological polar surface area (TPSA) is 67.4 Å². The summed E-state index contributed by atoms with van der Waals surface area (Å²) in [7, 11) is 1.55. The van der Waals surface area contributed by atoms with Gasteiger partial charge in [-0.3, -0.25) is 9.59 Å². The second-order valence-electron chi connectivity index (χ2n) is 4.99. The molecule has 0 aliphatic carbocycles. The average Bonchev–Trinajstić information content (AvgIpc) is 2.60. The zero-order valence-corrected chi connectivity index (χ0v) is 13.3. The summed E-state index contributed by atoms with van der Waals surface area (Å²) in [6.07, 6.45) is 0.851. The van der Waals surface area contributed by atoms with Crippen LogP contribution in [0.1, 0.15) is 34.1 Å². The number of rotatable bonds is 6. The van der Waals surface area contributed by atoms with Gasteiger partial charge < -0.3 is 15.4 Å². The Labute approximate surface area is 135 Å². The molecule has 0 aliphatic heterocycles. The number of anilines is 1. The molecule has 0 aliphatic rings. The number of hydrogen-bond acceptors (Lipinski definition) is 3. The van der Waals surface area contributed by atoms with Crippen molar-refractivity contribution in [2.75, 3.05) is 19.0 Å². The average molecular weight is 312 g/mol. The smallest absolute Gasteiger partial charge is 0.255 e. The minimum absolute atomic E-state index is 0.201. The van der Waals surface area contributed by atoms with E-state index in [-0.39, 0.29) is 11.8 Å². The molecule has 0 saturated carbocycles. The van der Waals surface area contributed by atoms with Gasteiger partial charge in [0, 0.05) is 12.1 Å². The van der Waals surface area contributed by atoms with Crippen LogP contribution in [0.5, 0.6) is 5.75 Å². The molecular formula is C18H20N2O3. The van der Waals surface area contributed by atoms with Gasteiger partial charge in [0.15, 0.2) is 0 Å². The zero-order valence-electron chi connectivity index (χ0n) is 13.3. The second-order valence-corrected chi connectivity index (χ2v) is 4.99. The van der Waals surface area contributed by atoms with Crippen molar-refractivity contribution in [1.82, 2.24) is 5.32 Å². The summed E-state index contributed by atoms with van der Waals surface area (Å²) < 4.78 is 5.12. The number of carbonyl (C=O) groups is 2. The molecule has 23 heavy (non-hydrogen) atoms. The highest BCUT2D eigenvalue weighted by atomic mass is 16.5. The number of hydrogen-bond donors (Lipinski definition) is 2. The largest absolute Gasteiger partial charge is 0.497 e. The minimum atomic E-state index is -0.292. The van der Waals surface area contributed by atoms with Gasteiger partial charge in [0.2, 0.25) is 0 Å². The number of nitrogens with one attached hydrogen (secondary N) is 2.